The molecule has 4 atom stereocenters. The lowest BCUT2D eigenvalue weighted by molar-refractivity contribution is -0.142. The molecule has 1 N–H and O–H groups in total. The lowest BCUT2D eigenvalue weighted by Gasteiger charge is -2.35. The number of anilines is 2. The average Bonchev–Trinajstić information content (AvgIpc) is 3.73. The Bertz CT molecular complexity index is 1650. The summed E-state index contributed by atoms with van der Waals surface area (Å²) in [6, 6.07) is 13.5. The molecule has 6 rings (SSSR count). The van der Waals surface area contributed by atoms with E-state index in [2.05, 4.69) is 15.1 Å². The third-order valence-corrected chi connectivity index (χ3v) is 10.4. The van der Waals surface area contributed by atoms with Gasteiger partial charge < -0.3 is 29.3 Å². The van der Waals surface area contributed by atoms with Crippen molar-refractivity contribution in [2.45, 2.75) is 37.8 Å². The maximum absolute atomic E-state index is 14.6. The third kappa shape index (κ3) is 7.31. The van der Waals surface area contributed by atoms with Gasteiger partial charge in [0.15, 0.2) is 5.82 Å². The van der Waals surface area contributed by atoms with Crippen LogP contribution >= 0.6 is 0 Å². The van der Waals surface area contributed by atoms with E-state index in [9.17, 15) is 27.9 Å². The molecular formula is C36H42F3N5O5. The molecule has 10 nitrogen and oxygen atoms in total. The number of amides is 1. The molecule has 0 spiro atoms. The molecule has 0 saturated carbocycles. The summed E-state index contributed by atoms with van der Waals surface area (Å²) >= 11 is 0. The molecule has 2 aromatic carbocycles. The van der Waals surface area contributed by atoms with Crippen LogP contribution in [0.25, 0.3) is 0 Å². The minimum absolute atomic E-state index is 0.0248. The largest absolute Gasteiger partial charge is 0.497 e. The van der Waals surface area contributed by atoms with E-state index >= 15 is 0 Å². The number of carboxylic acid groups (broad SMARTS) is 1. The topological polar surface area (TPSA) is 108 Å². The summed E-state index contributed by atoms with van der Waals surface area (Å²) < 4.78 is 52.8. The van der Waals surface area contributed by atoms with Gasteiger partial charge in [0.05, 0.1) is 37.3 Å². The van der Waals surface area contributed by atoms with Crippen molar-refractivity contribution in [2.75, 3.05) is 69.9 Å². The highest BCUT2D eigenvalue weighted by molar-refractivity contribution is 5.82. The quantitative estimate of drug-likeness (QED) is 0.325. The molecule has 0 bridgehead atoms. The smallest absolute Gasteiger partial charge is 0.416 e. The van der Waals surface area contributed by atoms with Crippen LogP contribution in [0.4, 0.5) is 24.7 Å². The molecule has 0 unspecified atom stereocenters. The number of ether oxygens (including phenoxy) is 2. The number of aryl methyl sites for hydroxylation is 1. The standard InChI is InChI=1S/C36H42F3N5O5/c1-22-14-33(41-40-16-22)43-18-29(23-4-7-27(49-3)8-5-23)31(20-43)34(45)44-17-25(21-48-2)30(19-44)28-9-6-26(36(37,38)39)15-32(28)42-12-10-24(11-13-42)35(46)47/h4-9,14-16,24-25,29-31H,10-13,17-21H2,1-3H3,(H,46,47)/t25-,29+,30+,31-/m1/s1. The monoisotopic (exact) mass is 681 g/mol. The van der Waals surface area contributed by atoms with Crippen LogP contribution < -0.4 is 14.5 Å². The number of likely N-dealkylation sites (tertiary alicyclic amines) is 1. The molecule has 262 valence electrons. The summed E-state index contributed by atoms with van der Waals surface area (Å²) in [5.74, 6) is -0.996. The van der Waals surface area contributed by atoms with Crippen LogP contribution in [0.15, 0.2) is 54.7 Å². The summed E-state index contributed by atoms with van der Waals surface area (Å²) in [5.41, 5.74) is 2.37. The number of carboxylic acids is 1. The van der Waals surface area contributed by atoms with Crippen molar-refractivity contribution in [3.8, 4) is 5.75 Å². The predicted octanol–water partition coefficient (Wildman–Crippen LogP) is 5.22. The number of halogens is 3. The molecule has 0 aliphatic carbocycles. The van der Waals surface area contributed by atoms with Crippen LogP contribution in [0.3, 0.4) is 0 Å². The van der Waals surface area contributed by atoms with Crippen molar-refractivity contribution >= 4 is 23.4 Å². The molecule has 1 amide bonds. The predicted molar refractivity (Wildman–Crippen MR) is 177 cm³/mol. The Morgan fingerprint density at radius 3 is 2.31 bits per heavy atom. The van der Waals surface area contributed by atoms with E-state index in [-0.39, 0.29) is 23.7 Å². The second kappa shape index (κ2) is 14.2. The number of nitrogens with zero attached hydrogens (tertiary/aromatic N) is 5. The summed E-state index contributed by atoms with van der Waals surface area (Å²) in [7, 11) is 3.19. The lowest BCUT2D eigenvalue weighted by Crippen LogP contribution is -2.38. The molecule has 3 fully saturated rings. The van der Waals surface area contributed by atoms with Crippen molar-refractivity contribution < 1.29 is 37.3 Å². The Morgan fingerprint density at radius 2 is 1.67 bits per heavy atom. The number of aromatic nitrogens is 2. The maximum Gasteiger partial charge on any atom is 0.416 e. The van der Waals surface area contributed by atoms with E-state index in [1.165, 1.54) is 12.1 Å². The second-order valence-electron chi connectivity index (χ2n) is 13.4. The summed E-state index contributed by atoms with van der Waals surface area (Å²) in [5, 5.41) is 18.0. The van der Waals surface area contributed by atoms with Gasteiger partial charge in [-0.2, -0.15) is 18.3 Å². The highest BCUT2D eigenvalue weighted by Crippen LogP contribution is 2.44. The van der Waals surface area contributed by atoms with Crippen molar-refractivity contribution in [2.24, 2.45) is 17.8 Å². The highest BCUT2D eigenvalue weighted by Gasteiger charge is 2.46. The second-order valence-corrected chi connectivity index (χ2v) is 13.4. The van der Waals surface area contributed by atoms with E-state index < -0.39 is 29.5 Å². The molecule has 3 aromatic rings. The first-order valence-corrected chi connectivity index (χ1v) is 16.6. The molecule has 13 heteroatoms. The number of methoxy groups -OCH3 is 2. The molecular weight excluding hydrogens is 639 g/mol. The third-order valence-electron chi connectivity index (χ3n) is 10.4. The number of carbonyl (C=O) groups excluding carboxylic acids is 1. The summed E-state index contributed by atoms with van der Waals surface area (Å²) in [4.78, 5) is 32.0. The van der Waals surface area contributed by atoms with Gasteiger partial charge in [-0.3, -0.25) is 9.59 Å². The van der Waals surface area contributed by atoms with E-state index in [1.54, 1.807) is 20.4 Å². The Hall–Kier alpha value is -4.39. The van der Waals surface area contributed by atoms with Crippen LogP contribution in [-0.2, 0) is 20.5 Å². The fourth-order valence-corrected chi connectivity index (χ4v) is 7.73. The fraction of sp³-hybridized carbons (Fsp3) is 0.500. The van der Waals surface area contributed by atoms with Gasteiger partial charge in [-0.25, -0.2) is 0 Å². The van der Waals surface area contributed by atoms with Crippen LogP contribution in [0.2, 0.25) is 0 Å². The van der Waals surface area contributed by atoms with Gasteiger partial charge in [0, 0.05) is 69.8 Å². The number of rotatable bonds is 9. The number of hydrogen-bond donors (Lipinski definition) is 1. The van der Waals surface area contributed by atoms with Gasteiger partial charge in [0.2, 0.25) is 5.91 Å². The number of piperidine rings is 1. The Morgan fingerprint density at radius 1 is 0.939 bits per heavy atom. The SMILES string of the molecule is COC[C@H]1CN(C(=O)[C@@H]2CN(c3cc(C)cnn3)C[C@H]2c2ccc(OC)cc2)C[C@@H]1c1ccc(C(F)(F)F)cc1N1CCC(C(=O)O)CC1. The van der Waals surface area contributed by atoms with Crippen molar-refractivity contribution in [3.63, 3.8) is 0 Å². The van der Waals surface area contributed by atoms with Gasteiger partial charge in [-0.1, -0.05) is 18.2 Å². The van der Waals surface area contributed by atoms with E-state index in [4.69, 9.17) is 9.47 Å². The maximum atomic E-state index is 14.6. The number of carbonyl (C=O) groups is 2. The van der Waals surface area contributed by atoms with Crippen LogP contribution in [0.1, 0.15) is 46.9 Å². The van der Waals surface area contributed by atoms with Gasteiger partial charge in [-0.15, -0.1) is 5.10 Å². The Labute approximate surface area is 283 Å². The summed E-state index contributed by atoms with van der Waals surface area (Å²) in [6.45, 7) is 4.66. The Kier molecular flexibility index (Phi) is 10.0. The number of benzene rings is 2. The molecule has 1 aromatic heterocycles. The van der Waals surface area contributed by atoms with E-state index in [1.807, 2.05) is 47.1 Å². The number of hydrogen-bond acceptors (Lipinski definition) is 8. The summed E-state index contributed by atoms with van der Waals surface area (Å²) in [6.07, 6.45) is -2.16. The van der Waals surface area contributed by atoms with Gasteiger partial charge in [-0.05, 0) is 66.8 Å². The van der Waals surface area contributed by atoms with Crippen LogP contribution in [0, 0.1) is 24.7 Å². The number of aliphatic carboxylic acids is 1. The van der Waals surface area contributed by atoms with Crippen LogP contribution in [-0.4, -0.2) is 92.2 Å². The average molecular weight is 682 g/mol. The zero-order valence-electron chi connectivity index (χ0n) is 27.9. The lowest BCUT2D eigenvalue weighted by atomic mass is 9.86. The molecule has 3 aliphatic rings. The van der Waals surface area contributed by atoms with Crippen molar-refractivity contribution in [1.82, 2.24) is 15.1 Å². The van der Waals surface area contributed by atoms with Gasteiger partial charge in [0.25, 0.3) is 0 Å². The first kappa shape index (κ1) is 34.5. The molecule has 49 heavy (non-hydrogen) atoms. The highest BCUT2D eigenvalue weighted by atomic mass is 19.4. The van der Waals surface area contributed by atoms with Crippen molar-refractivity contribution in [1.29, 1.82) is 0 Å². The molecule has 3 aliphatic heterocycles. The minimum Gasteiger partial charge on any atom is -0.497 e. The zero-order chi connectivity index (χ0) is 34.9. The first-order valence-electron chi connectivity index (χ1n) is 16.6. The zero-order valence-corrected chi connectivity index (χ0v) is 27.9. The van der Waals surface area contributed by atoms with Gasteiger partial charge >= 0.3 is 12.1 Å². The Balaban J connectivity index is 1.31. The van der Waals surface area contributed by atoms with E-state index in [0.717, 1.165) is 22.9 Å². The van der Waals surface area contributed by atoms with Gasteiger partial charge in [0.1, 0.15) is 5.75 Å². The molecule has 4 heterocycles. The number of alkyl halides is 3. The van der Waals surface area contributed by atoms with E-state index in [0.29, 0.717) is 75.8 Å². The molecule has 3 saturated heterocycles. The fourth-order valence-electron chi connectivity index (χ4n) is 7.73. The molecule has 0 radical (unpaired) electrons. The van der Waals surface area contributed by atoms with Crippen molar-refractivity contribution in [3.05, 3.63) is 77.0 Å². The van der Waals surface area contributed by atoms with Crippen LogP contribution in [0.5, 0.6) is 5.75 Å². The first-order chi connectivity index (χ1) is 23.5. The normalized spacial score (nSPS) is 23.3. The minimum atomic E-state index is -4.54.